The number of imide groups is 1. The first-order valence-corrected chi connectivity index (χ1v) is 8.85. The Morgan fingerprint density at radius 1 is 1.21 bits per heavy atom. The minimum atomic E-state index is -0.831. The lowest BCUT2D eigenvalue weighted by Crippen LogP contribution is -2.54. The molecule has 3 rings (SSSR count). The summed E-state index contributed by atoms with van der Waals surface area (Å²) in [4.78, 5) is 40.7. The third-order valence-electron chi connectivity index (χ3n) is 5.39. The number of piperazine rings is 1. The standard InChI is InChI=1S/C17H28N4O3/c1-12-8-16(2,3)11-17(9-12)14(23)21(15(24)19-17)10-13(22)20-6-4-18-5-7-20/h12,18H,4-11H2,1-3H3,(H,19,24). The molecule has 24 heavy (non-hydrogen) atoms. The summed E-state index contributed by atoms with van der Waals surface area (Å²) in [5, 5.41) is 6.11. The molecule has 2 heterocycles. The Morgan fingerprint density at radius 2 is 1.88 bits per heavy atom. The molecule has 134 valence electrons. The SMILES string of the molecule is CC1CC(C)(C)CC2(C1)NC(=O)N(CC(=O)N1CCNCC1)C2=O. The molecule has 4 amide bonds. The van der Waals surface area contributed by atoms with Gasteiger partial charge in [-0.1, -0.05) is 20.8 Å². The van der Waals surface area contributed by atoms with Crippen molar-refractivity contribution in [3.63, 3.8) is 0 Å². The molecule has 0 aromatic carbocycles. The smallest absolute Gasteiger partial charge is 0.325 e. The summed E-state index contributed by atoms with van der Waals surface area (Å²) >= 11 is 0. The van der Waals surface area contributed by atoms with E-state index in [2.05, 4.69) is 31.4 Å². The number of nitrogens with zero attached hydrogens (tertiary/aromatic N) is 2. The largest absolute Gasteiger partial charge is 0.339 e. The fourth-order valence-electron chi connectivity index (χ4n) is 4.80. The van der Waals surface area contributed by atoms with E-state index in [0.29, 0.717) is 31.8 Å². The second-order valence-corrected chi connectivity index (χ2v) is 8.39. The molecular weight excluding hydrogens is 308 g/mol. The molecule has 1 saturated carbocycles. The predicted molar refractivity (Wildman–Crippen MR) is 89.2 cm³/mol. The molecule has 3 aliphatic rings. The van der Waals surface area contributed by atoms with E-state index in [1.54, 1.807) is 4.90 Å². The molecule has 2 aliphatic heterocycles. The van der Waals surface area contributed by atoms with Gasteiger partial charge >= 0.3 is 6.03 Å². The summed E-state index contributed by atoms with van der Waals surface area (Å²) in [6.45, 7) is 8.99. The van der Waals surface area contributed by atoms with Crippen molar-refractivity contribution >= 4 is 17.8 Å². The first-order chi connectivity index (χ1) is 11.2. The summed E-state index contributed by atoms with van der Waals surface area (Å²) in [6, 6.07) is -0.423. The van der Waals surface area contributed by atoms with Gasteiger partial charge in [0.25, 0.3) is 5.91 Å². The number of hydrogen-bond donors (Lipinski definition) is 2. The van der Waals surface area contributed by atoms with E-state index in [1.807, 2.05) is 0 Å². The lowest BCUT2D eigenvalue weighted by atomic mass is 9.64. The molecule has 3 fully saturated rings. The fraction of sp³-hybridized carbons (Fsp3) is 0.824. The molecule has 2 saturated heterocycles. The van der Waals surface area contributed by atoms with Gasteiger partial charge in [0, 0.05) is 26.2 Å². The number of nitrogens with one attached hydrogen (secondary N) is 2. The molecule has 0 radical (unpaired) electrons. The molecule has 2 atom stereocenters. The van der Waals surface area contributed by atoms with E-state index < -0.39 is 11.6 Å². The Kier molecular flexibility index (Phi) is 4.32. The summed E-state index contributed by atoms with van der Waals surface area (Å²) in [5.41, 5.74) is -0.832. The zero-order valence-corrected chi connectivity index (χ0v) is 14.9. The Balaban J connectivity index is 1.73. The fourth-order valence-corrected chi connectivity index (χ4v) is 4.80. The van der Waals surface area contributed by atoms with Gasteiger partial charge in [0.15, 0.2) is 0 Å². The second kappa shape index (κ2) is 6.02. The summed E-state index contributed by atoms with van der Waals surface area (Å²) in [7, 11) is 0. The quantitative estimate of drug-likeness (QED) is 0.722. The van der Waals surface area contributed by atoms with Crippen LogP contribution in [0.25, 0.3) is 0 Å². The molecule has 2 N–H and O–H groups in total. The number of hydrogen-bond acceptors (Lipinski definition) is 4. The third-order valence-corrected chi connectivity index (χ3v) is 5.39. The van der Waals surface area contributed by atoms with Crippen molar-refractivity contribution in [1.82, 2.24) is 20.4 Å². The van der Waals surface area contributed by atoms with Gasteiger partial charge in [0.1, 0.15) is 12.1 Å². The molecule has 1 spiro atoms. The number of rotatable bonds is 2. The van der Waals surface area contributed by atoms with Crippen LogP contribution in [0.2, 0.25) is 0 Å². The van der Waals surface area contributed by atoms with E-state index in [-0.39, 0.29) is 23.8 Å². The van der Waals surface area contributed by atoms with Crippen molar-refractivity contribution in [2.45, 2.75) is 45.6 Å². The van der Waals surface area contributed by atoms with Crippen LogP contribution >= 0.6 is 0 Å². The molecule has 7 heteroatoms. The van der Waals surface area contributed by atoms with Crippen LogP contribution in [0, 0.1) is 11.3 Å². The van der Waals surface area contributed by atoms with E-state index in [0.717, 1.165) is 24.4 Å². The molecule has 0 bridgehead atoms. The highest BCUT2D eigenvalue weighted by Crippen LogP contribution is 2.46. The summed E-state index contributed by atoms with van der Waals surface area (Å²) < 4.78 is 0. The Hall–Kier alpha value is -1.63. The van der Waals surface area contributed by atoms with Crippen LogP contribution in [0.5, 0.6) is 0 Å². The first kappa shape index (κ1) is 17.2. The second-order valence-electron chi connectivity index (χ2n) is 8.39. The molecule has 2 unspecified atom stereocenters. The van der Waals surface area contributed by atoms with Crippen LogP contribution in [-0.4, -0.2) is 65.9 Å². The van der Waals surface area contributed by atoms with E-state index in [4.69, 9.17) is 0 Å². The highest BCUT2D eigenvalue weighted by molar-refractivity contribution is 6.09. The Labute approximate surface area is 143 Å². The highest BCUT2D eigenvalue weighted by Gasteiger charge is 2.56. The molecule has 0 aromatic heterocycles. The monoisotopic (exact) mass is 336 g/mol. The van der Waals surface area contributed by atoms with Gasteiger partial charge in [0.05, 0.1) is 0 Å². The average Bonchev–Trinajstić information content (AvgIpc) is 2.69. The van der Waals surface area contributed by atoms with E-state index >= 15 is 0 Å². The highest BCUT2D eigenvalue weighted by atomic mass is 16.2. The lowest BCUT2D eigenvalue weighted by molar-refractivity contribution is -0.141. The van der Waals surface area contributed by atoms with Crippen molar-refractivity contribution in [2.24, 2.45) is 11.3 Å². The van der Waals surface area contributed by atoms with Gasteiger partial charge in [-0.05, 0) is 30.6 Å². The first-order valence-electron chi connectivity index (χ1n) is 8.85. The minimum Gasteiger partial charge on any atom is -0.339 e. The predicted octanol–water partition coefficient (Wildman–Crippen LogP) is 0.555. The Bertz CT molecular complexity index is 556. The van der Waals surface area contributed by atoms with Crippen molar-refractivity contribution in [1.29, 1.82) is 0 Å². The number of carbonyl (C=O) groups is 3. The van der Waals surface area contributed by atoms with Gasteiger partial charge in [0.2, 0.25) is 5.91 Å². The maximum Gasteiger partial charge on any atom is 0.325 e. The number of amides is 4. The normalized spacial score (nSPS) is 33.0. The molecule has 1 aliphatic carbocycles. The van der Waals surface area contributed by atoms with Crippen LogP contribution in [0.1, 0.15) is 40.0 Å². The van der Waals surface area contributed by atoms with Gasteiger partial charge in [-0.25, -0.2) is 4.79 Å². The molecular formula is C17H28N4O3. The van der Waals surface area contributed by atoms with Crippen LogP contribution in [-0.2, 0) is 9.59 Å². The van der Waals surface area contributed by atoms with Gasteiger partial charge in [-0.15, -0.1) is 0 Å². The maximum absolute atomic E-state index is 13.0. The zero-order valence-electron chi connectivity index (χ0n) is 14.9. The zero-order chi connectivity index (χ0) is 17.5. The molecule has 0 aromatic rings. The summed E-state index contributed by atoms with van der Waals surface area (Å²) in [6.07, 6.45) is 2.32. The Morgan fingerprint density at radius 3 is 2.50 bits per heavy atom. The van der Waals surface area contributed by atoms with Gasteiger partial charge in [-0.3, -0.25) is 14.5 Å². The van der Waals surface area contributed by atoms with Crippen LogP contribution in [0.4, 0.5) is 4.79 Å². The van der Waals surface area contributed by atoms with Crippen molar-refractivity contribution < 1.29 is 14.4 Å². The molecule has 7 nitrogen and oxygen atoms in total. The van der Waals surface area contributed by atoms with Crippen molar-refractivity contribution in [2.75, 3.05) is 32.7 Å². The van der Waals surface area contributed by atoms with Crippen LogP contribution < -0.4 is 10.6 Å². The van der Waals surface area contributed by atoms with Gasteiger partial charge < -0.3 is 15.5 Å². The van der Waals surface area contributed by atoms with Crippen LogP contribution in [0.15, 0.2) is 0 Å². The summed E-state index contributed by atoms with van der Waals surface area (Å²) in [5.74, 6) is -0.0161. The van der Waals surface area contributed by atoms with Crippen molar-refractivity contribution in [3.05, 3.63) is 0 Å². The van der Waals surface area contributed by atoms with Gasteiger partial charge in [-0.2, -0.15) is 0 Å². The van der Waals surface area contributed by atoms with E-state index in [1.165, 1.54) is 0 Å². The van der Waals surface area contributed by atoms with E-state index in [9.17, 15) is 14.4 Å². The lowest BCUT2D eigenvalue weighted by Gasteiger charge is -2.43. The topological polar surface area (TPSA) is 81.8 Å². The number of urea groups is 1. The third kappa shape index (κ3) is 3.14. The number of carbonyl (C=O) groups excluding carboxylic acids is 3. The van der Waals surface area contributed by atoms with Crippen LogP contribution in [0.3, 0.4) is 0 Å². The maximum atomic E-state index is 13.0. The average molecular weight is 336 g/mol. The van der Waals surface area contributed by atoms with Crippen molar-refractivity contribution in [3.8, 4) is 0 Å². The minimum absolute atomic E-state index is 0.000829.